The summed E-state index contributed by atoms with van der Waals surface area (Å²) in [5.74, 6) is 0.955. The van der Waals surface area contributed by atoms with E-state index < -0.39 is 0 Å². The first kappa shape index (κ1) is 24.1. The molecule has 0 aliphatic carbocycles. The van der Waals surface area contributed by atoms with Crippen LogP contribution in [0.1, 0.15) is 27.7 Å². The van der Waals surface area contributed by atoms with Crippen molar-refractivity contribution in [3.8, 4) is 0 Å². The number of pyridine rings is 2. The molecule has 0 spiro atoms. The lowest BCUT2D eigenvalue weighted by atomic mass is 9.89. The number of nitrogens with zero attached hydrogens (tertiary/aromatic N) is 5. The highest BCUT2D eigenvalue weighted by atomic mass is 35.5. The number of hydrogen-bond donors (Lipinski definition) is 1. The Kier molecular flexibility index (Phi) is 7.16. The van der Waals surface area contributed by atoms with Crippen LogP contribution in [0, 0.1) is 11.8 Å². The number of halogens is 2. The minimum absolute atomic E-state index is 0. The summed E-state index contributed by atoms with van der Waals surface area (Å²) in [7, 11) is 0. The molecular weight excluding hydrogens is 471 g/mol. The van der Waals surface area contributed by atoms with Gasteiger partial charge in [-0.15, -0.1) is 24.8 Å². The maximum Gasteiger partial charge on any atom is 0.256 e. The lowest BCUT2D eigenvalue weighted by molar-refractivity contribution is 0.0714. The molecule has 6 rings (SSSR count). The molecule has 0 radical (unpaired) electrons. The van der Waals surface area contributed by atoms with Gasteiger partial charge in [-0.05, 0) is 29.7 Å². The fourth-order valence-electron chi connectivity index (χ4n) is 5.22. The third-order valence-corrected chi connectivity index (χ3v) is 6.73. The average molecular weight is 497 g/mol. The van der Waals surface area contributed by atoms with E-state index in [2.05, 4.69) is 44.5 Å². The Balaban J connectivity index is 0.00000137. The number of likely N-dealkylation sites (tertiary alicyclic amines) is 1. The van der Waals surface area contributed by atoms with Gasteiger partial charge in [0.05, 0.1) is 30.2 Å². The zero-order chi connectivity index (χ0) is 21.5. The quantitative estimate of drug-likeness (QED) is 0.465. The Hall–Kier alpha value is -3.00. The second-order valence-corrected chi connectivity index (χ2v) is 8.66. The topological polar surface area (TPSA) is 75.9 Å². The molecule has 3 aromatic heterocycles. The number of nitrogens with one attached hydrogen (secondary N) is 1. The second kappa shape index (κ2) is 10.1. The number of rotatable bonds is 4. The van der Waals surface area contributed by atoms with Crippen LogP contribution < -0.4 is 5.32 Å². The molecule has 0 bridgehead atoms. The molecule has 2 saturated heterocycles. The summed E-state index contributed by atoms with van der Waals surface area (Å²) < 4.78 is 1.96. The monoisotopic (exact) mass is 496 g/mol. The predicted molar refractivity (Wildman–Crippen MR) is 135 cm³/mol. The van der Waals surface area contributed by atoms with Gasteiger partial charge in [-0.25, -0.2) is 9.97 Å². The molecule has 0 unspecified atom stereocenters. The van der Waals surface area contributed by atoms with Gasteiger partial charge in [0, 0.05) is 37.9 Å². The summed E-state index contributed by atoms with van der Waals surface area (Å²) in [6.07, 6.45) is 5.23. The number of amides is 1. The number of hydrogen-bond acceptors (Lipinski definition) is 5. The minimum Gasteiger partial charge on any atom is -0.331 e. The van der Waals surface area contributed by atoms with Crippen LogP contribution in [-0.2, 0) is 6.54 Å². The van der Waals surface area contributed by atoms with Gasteiger partial charge in [0.15, 0.2) is 5.65 Å². The molecule has 1 aromatic carbocycles. The highest BCUT2D eigenvalue weighted by Crippen LogP contribution is 2.43. The minimum atomic E-state index is 0. The van der Waals surface area contributed by atoms with Gasteiger partial charge in [0.2, 0.25) is 0 Å². The van der Waals surface area contributed by atoms with Crippen LogP contribution in [-0.4, -0.2) is 50.0 Å². The second-order valence-electron chi connectivity index (χ2n) is 8.66. The first-order chi connectivity index (χ1) is 15.8. The van der Waals surface area contributed by atoms with E-state index in [4.69, 9.17) is 0 Å². The Morgan fingerprint density at radius 1 is 1.00 bits per heavy atom. The van der Waals surface area contributed by atoms with E-state index in [0.29, 0.717) is 23.9 Å². The Morgan fingerprint density at radius 3 is 2.62 bits per heavy atom. The maximum atomic E-state index is 13.6. The number of carbonyl (C=O) groups excluding carboxylic acids is 1. The molecule has 2 aliphatic rings. The van der Waals surface area contributed by atoms with E-state index in [1.54, 1.807) is 18.7 Å². The molecule has 3 atom stereocenters. The lowest BCUT2D eigenvalue weighted by Gasteiger charge is -2.28. The Bertz CT molecular complexity index is 1270. The van der Waals surface area contributed by atoms with Crippen LogP contribution in [0.15, 0.2) is 73.3 Å². The predicted octanol–water partition coefficient (Wildman–Crippen LogP) is 3.75. The molecular formula is C25H26Cl2N6O. The summed E-state index contributed by atoms with van der Waals surface area (Å²) in [6, 6.07) is 18.2. The van der Waals surface area contributed by atoms with Crippen molar-refractivity contribution in [3.63, 3.8) is 0 Å². The van der Waals surface area contributed by atoms with E-state index >= 15 is 0 Å². The van der Waals surface area contributed by atoms with Gasteiger partial charge in [0.1, 0.15) is 5.52 Å². The van der Waals surface area contributed by atoms with Gasteiger partial charge >= 0.3 is 0 Å². The number of benzene rings is 1. The molecule has 34 heavy (non-hydrogen) atoms. The van der Waals surface area contributed by atoms with E-state index in [-0.39, 0.29) is 36.8 Å². The van der Waals surface area contributed by atoms with E-state index in [1.807, 2.05) is 39.8 Å². The van der Waals surface area contributed by atoms with Gasteiger partial charge in [0.25, 0.3) is 5.91 Å². The zero-order valence-electron chi connectivity index (χ0n) is 18.4. The fourth-order valence-corrected chi connectivity index (χ4v) is 5.22. The number of fused-ring (bicyclic) bond motifs is 2. The summed E-state index contributed by atoms with van der Waals surface area (Å²) in [5, 5.41) is 3.50. The smallest absolute Gasteiger partial charge is 0.256 e. The van der Waals surface area contributed by atoms with Crippen LogP contribution >= 0.6 is 24.8 Å². The summed E-state index contributed by atoms with van der Waals surface area (Å²) in [5.41, 5.74) is 4.22. The standard InChI is InChI=1S/C25H24N6O.2ClH/c32-25(31-14-19-11-26-13-21(19)23(31)17-6-2-1-3-7-17)18-10-22-24(28-12-18)30(16-29-22)15-20-8-4-5-9-27-20;;/h1-10,12,16,19,21,23,26H,11,13-15H2;2*1H/t19-,21-,23+;;/m0../s1. The van der Waals surface area contributed by atoms with Gasteiger partial charge < -0.3 is 14.8 Å². The largest absolute Gasteiger partial charge is 0.331 e. The van der Waals surface area contributed by atoms with Crippen molar-refractivity contribution in [1.82, 2.24) is 29.7 Å². The molecule has 0 saturated carbocycles. The highest BCUT2D eigenvalue weighted by molar-refractivity contribution is 5.97. The lowest BCUT2D eigenvalue weighted by Crippen LogP contribution is -2.34. The van der Waals surface area contributed by atoms with Crippen LogP contribution in [0.3, 0.4) is 0 Å². The first-order valence-electron chi connectivity index (χ1n) is 11.1. The van der Waals surface area contributed by atoms with Crippen LogP contribution in [0.4, 0.5) is 0 Å². The summed E-state index contributed by atoms with van der Waals surface area (Å²) in [4.78, 5) is 29.2. The highest BCUT2D eigenvalue weighted by Gasteiger charge is 2.46. The van der Waals surface area contributed by atoms with E-state index in [0.717, 1.165) is 36.5 Å². The fraction of sp³-hybridized carbons (Fsp3) is 0.280. The average Bonchev–Trinajstić information content (AvgIpc) is 3.54. The molecule has 7 nitrogen and oxygen atoms in total. The summed E-state index contributed by atoms with van der Waals surface area (Å²) >= 11 is 0. The Labute approximate surface area is 210 Å². The van der Waals surface area contributed by atoms with Gasteiger partial charge in [-0.2, -0.15) is 0 Å². The molecule has 9 heteroatoms. The first-order valence-corrected chi connectivity index (χ1v) is 11.1. The molecule has 176 valence electrons. The van der Waals surface area contributed by atoms with Gasteiger partial charge in [-0.3, -0.25) is 9.78 Å². The Morgan fingerprint density at radius 2 is 1.82 bits per heavy atom. The van der Waals surface area contributed by atoms with Crippen molar-refractivity contribution in [2.45, 2.75) is 12.6 Å². The third kappa shape index (κ3) is 4.27. The zero-order valence-corrected chi connectivity index (χ0v) is 20.1. The normalized spacial score (nSPS) is 21.1. The van der Waals surface area contributed by atoms with Crippen LogP contribution in [0.5, 0.6) is 0 Å². The molecule has 2 aliphatic heterocycles. The molecule has 1 amide bonds. The maximum absolute atomic E-state index is 13.6. The molecule has 1 N–H and O–H groups in total. The summed E-state index contributed by atoms with van der Waals surface area (Å²) in [6.45, 7) is 3.27. The van der Waals surface area contributed by atoms with Crippen molar-refractivity contribution in [2.75, 3.05) is 19.6 Å². The van der Waals surface area contributed by atoms with Crippen molar-refractivity contribution in [3.05, 3.63) is 90.1 Å². The van der Waals surface area contributed by atoms with Crippen molar-refractivity contribution >= 4 is 41.9 Å². The van der Waals surface area contributed by atoms with E-state index in [9.17, 15) is 4.79 Å². The number of carbonyl (C=O) groups is 1. The van der Waals surface area contributed by atoms with Crippen molar-refractivity contribution in [1.29, 1.82) is 0 Å². The number of aromatic nitrogens is 4. The SMILES string of the molecule is Cl.Cl.O=C(c1cnc2c(c1)ncn2Cc1ccccn1)N1C[C@@H]2CNC[C@@H]2[C@H]1c1ccccc1. The van der Waals surface area contributed by atoms with Crippen LogP contribution in [0.25, 0.3) is 11.2 Å². The van der Waals surface area contributed by atoms with Crippen molar-refractivity contribution in [2.24, 2.45) is 11.8 Å². The molecule has 4 aromatic rings. The van der Waals surface area contributed by atoms with Crippen molar-refractivity contribution < 1.29 is 4.79 Å². The molecule has 2 fully saturated rings. The third-order valence-electron chi connectivity index (χ3n) is 6.73. The number of imidazole rings is 1. The van der Waals surface area contributed by atoms with E-state index in [1.165, 1.54) is 5.56 Å². The molecule has 5 heterocycles. The van der Waals surface area contributed by atoms with Gasteiger partial charge in [-0.1, -0.05) is 36.4 Å². The van der Waals surface area contributed by atoms with Crippen LogP contribution in [0.2, 0.25) is 0 Å².